The summed E-state index contributed by atoms with van der Waals surface area (Å²) in [6.45, 7) is 4.07. The Kier molecular flexibility index (Phi) is 4.14. The molecule has 0 bridgehead atoms. The van der Waals surface area contributed by atoms with E-state index in [-0.39, 0.29) is 6.10 Å². The summed E-state index contributed by atoms with van der Waals surface area (Å²) in [6.07, 6.45) is 6.33. The molecule has 18 heavy (non-hydrogen) atoms. The number of nitrogens with zero attached hydrogens (tertiary/aromatic N) is 3. The van der Waals surface area contributed by atoms with Crippen LogP contribution in [0.3, 0.4) is 0 Å². The zero-order chi connectivity index (χ0) is 13.0. The summed E-state index contributed by atoms with van der Waals surface area (Å²) in [6, 6.07) is 2.24. The first-order valence-corrected chi connectivity index (χ1v) is 6.75. The van der Waals surface area contributed by atoms with Gasteiger partial charge in [0.05, 0.1) is 5.69 Å². The monoisotopic (exact) mass is 245 g/mol. The number of aryl methyl sites for hydroxylation is 1. The number of hydrogen-bond donors (Lipinski definition) is 0. The molecule has 96 valence electrons. The van der Waals surface area contributed by atoms with E-state index in [0.29, 0.717) is 11.4 Å². The van der Waals surface area contributed by atoms with E-state index in [9.17, 15) is 5.26 Å². The highest BCUT2D eigenvalue weighted by molar-refractivity contribution is 5.46. The van der Waals surface area contributed by atoms with E-state index in [1.54, 1.807) is 0 Å². The Morgan fingerprint density at radius 3 is 2.50 bits per heavy atom. The molecule has 0 aromatic carbocycles. The summed E-state index contributed by atoms with van der Waals surface area (Å²) < 4.78 is 5.84. The standard InChI is InChI=1S/C14H19N3O/c1-3-11-12(9-15)14(17-16-13(11)4-2)18-10-7-5-6-8-10/h10H,3-8H2,1-2H3. The van der Waals surface area contributed by atoms with Crippen LogP contribution in [-0.2, 0) is 12.8 Å². The van der Waals surface area contributed by atoms with Crippen LogP contribution in [0, 0.1) is 11.3 Å². The van der Waals surface area contributed by atoms with Crippen molar-refractivity contribution in [2.45, 2.75) is 58.5 Å². The van der Waals surface area contributed by atoms with Gasteiger partial charge in [0.25, 0.3) is 5.88 Å². The lowest BCUT2D eigenvalue weighted by Crippen LogP contribution is -2.15. The molecule has 4 heteroatoms. The van der Waals surface area contributed by atoms with Gasteiger partial charge in [-0.25, -0.2) is 0 Å². The fraction of sp³-hybridized carbons (Fsp3) is 0.643. The second-order valence-electron chi connectivity index (χ2n) is 4.65. The Labute approximate surface area is 108 Å². The Morgan fingerprint density at radius 2 is 1.94 bits per heavy atom. The summed E-state index contributed by atoms with van der Waals surface area (Å²) in [4.78, 5) is 0. The second kappa shape index (κ2) is 5.81. The Morgan fingerprint density at radius 1 is 1.22 bits per heavy atom. The van der Waals surface area contributed by atoms with Crippen LogP contribution < -0.4 is 4.74 Å². The van der Waals surface area contributed by atoms with Gasteiger partial charge in [0.15, 0.2) is 0 Å². The zero-order valence-electron chi connectivity index (χ0n) is 11.1. The molecular formula is C14H19N3O. The summed E-state index contributed by atoms with van der Waals surface area (Å²) in [5, 5.41) is 17.6. The van der Waals surface area contributed by atoms with Gasteiger partial charge in [-0.2, -0.15) is 10.4 Å². The molecule has 0 atom stereocenters. The predicted molar refractivity (Wildman–Crippen MR) is 68.4 cm³/mol. The average Bonchev–Trinajstić information content (AvgIpc) is 2.90. The summed E-state index contributed by atoms with van der Waals surface area (Å²) >= 11 is 0. The third kappa shape index (κ3) is 2.45. The SMILES string of the molecule is CCc1nnc(OC2CCCC2)c(C#N)c1CC. The van der Waals surface area contributed by atoms with Crippen molar-refractivity contribution in [3.8, 4) is 11.9 Å². The Hall–Kier alpha value is -1.63. The molecule has 0 aliphatic heterocycles. The first-order valence-electron chi connectivity index (χ1n) is 6.75. The molecule has 1 aromatic heterocycles. The van der Waals surface area contributed by atoms with Gasteiger partial charge in [0, 0.05) is 0 Å². The van der Waals surface area contributed by atoms with Gasteiger partial charge in [-0.05, 0) is 44.1 Å². The van der Waals surface area contributed by atoms with Gasteiger partial charge in [-0.15, -0.1) is 5.10 Å². The normalized spacial score (nSPS) is 15.6. The van der Waals surface area contributed by atoms with Crippen LogP contribution in [-0.4, -0.2) is 16.3 Å². The molecule has 1 fully saturated rings. The van der Waals surface area contributed by atoms with Crippen LogP contribution in [0.1, 0.15) is 56.4 Å². The van der Waals surface area contributed by atoms with E-state index in [0.717, 1.165) is 36.9 Å². The number of nitriles is 1. The van der Waals surface area contributed by atoms with Crippen LogP contribution in [0.4, 0.5) is 0 Å². The molecule has 0 unspecified atom stereocenters. The lowest BCUT2D eigenvalue weighted by atomic mass is 10.0. The minimum Gasteiger partial charge on any atom is -0.472 e. The lowest BCUT2D eigenvalue weighted by molar-refractivity contribution is 0.198. The van der Waals surface area contributed by atoms with Gasteiger partial charge in [0.1, 0.15) is 17.7 Å². The summed E-state index contributed by atoms with van der Waals surface area (Å²) in [5.41, 5.74) is 2.48. The van der Waals surface area contributed by atoms with Crippen molar-refractivity contribution in [3.05, 3.63) is 16.8 Å². The average molecular weight is 245 g/mol. The summed E-state index contributed by atoms with van der Waals surface area (Å²) in [7, 11) is 0. The molecule has 0 N–H and O–H groups in total. The van der Waals surface area contributed by atoms with E-state index < -0.39 is 0 Å². The minimum atomic E-state index is 0.212. The third-order valence-electron chi connectivity index (χ3n) is 3.51. The molecule has 1 saturated carbocycles. The van der Waals surface area contributed by atoms with E-state index in [2.05, 4.69) is 16.3 Å². The zero-order valence-corrected chi connectivity index (χ0v) is 11.1. The van der Waals surface area contributed by atoms with Gasteiger partial charge in [-0.1, -0.05) is 13.8 Å². The third-order valence-corrected chi connectivity index (χ3v) is 3.51. The topological polar surface area (TPSA) is 58.8 Å². The highest BCUT2D eigenvalue weighted by atomic mass is 16.5. The molecule has 4 nitrogen and oxygen atoms in total. The van der Waals surface area contributed by atoms with Crippen molar-refractivity contribution in [1.29, 1.82) is 5.26 Å². The first-order chi connectivity index (χ1) is 8.80. The molecule has 0 spiro atoms. The van der Waals surface area contributed by atoms with Crippen LogP contribution in [0.5, 0.6) is 5.88 Å². The van der Waals surface area contributed by atoms with E-state index in [1.807, 2.05) is 13.8 Å². The maximum absolute atomic E-state index is 9.33. The maximum atomic E-state index is 9.33. The Bertz CT molecular complexity index is 459. The van der Waals surface area contributed by atoms with Crippen molar-refractivity contribution in [2.75, 3.05) is 0 Å². The highest BCUT2D eigenvalue weighted by Crippen LogP contribution is 2.27. The van der Waals surface area contributed by atoms with Gasteiger partial charge in [-0.3, -0.25) is 0 Å². The second-order valence-corrected chi connectivity index (χ2v) is 4.65. The van der Waals surface area contributed by atoms with Crippen molar-refractivity contribution in [3.63, 3.8) is 0 Å². The fourth-order valence-corrected chi connectivity index (χ4v) is 2.52. The molecular weight excluding hydrogens is 226 g/mol. The van der Waals surface area contributed by atoms with Crippen LogP contribution in [0.25, 0.3) is 0 Å². The molecule has 0 saturated heterocycles. The number of ether oxygens (including phenoxy) is 1. The van der Waals surface area contributed by atoms with E-state index in [1.165, 1.54) is 12.8 Å². The van der Waals surface area contributed by atoms with Crippen molar-refractivity contribution in [1.82, 2.24) is 10.2 Å². The molecule has 1 aliphatic rings. The van der Waals surface area contributed by atoms with Gasteiger partial charge in [0.2, 0.25) is 0 Å². The van der Waals surface area contributed by atoms with E-state index >= 15 is 0 Å². The number of hydrogen-bond acceptors (Lipinski definition) is 4. The van der Waals surface area contributed by atoms with Crippen LogP contribution >= 0.6 is 0 Å². The van der Waals surface area contributed by atoms with Crippen molar-refractivity contribution in [2.24, 2.45) is 0 Å². The fourth-order valence-electron chi connectivity index (χ4n) is 2.52. The van der Waals surface area contributed by atoms with Gasteiger partial charge < -0.3 is 4.74 Å². The van der Waals surface area contributed by atoms with Crippen molar-refractivity contribution < 1.29 is 4.74 Å². The van der Waals surface area contributed by atoms with Gasteiger partial charge >= 0.3 is 0 Å². The molecule has 1 heterocycles. The maximum Gasteiger partial charge on any atom is 0.252 e. The molecule has 2 rings (SSSR count). The first kappa shape index (κ1) is 12.8. The van der Waals surface area contributed by atoms with E-state index in [4.69, 9.17) is 4.74 Å². The quantitative estimate of drug-likeness (QED) is 0.818. The van der Waals surface area contributed by atoms with Crippen molar-refractivity contribution >= 4 is 0 Å². The molecule has 1 aliphatic carbocycles. The number of aromatic nitrogens is 2. The number of rotatable bonds is 4. The highest BCUT2D eigenvalue weighted by Gasteiger charge is 2.21. The predicted octanol–water partition coefficient (Wildman–Crippen LogP) is 2.79. The molecule has 0 amide bonds. The minimum absolute atomic E-state index is 0.212. The molecule has 0 radical (unpaired) electrons. The lowest BCUT2D eigenvalue weighted by Gasteiger charge is -2.15. The largest absolute Gasteiger partial charge is 0.472 e. The summed E-state index contributed by atoms with van der Waals surface area (Å²) in [5.74, 6) is 0.429. The smallest absolute Gasteiger partial charge is 0.252 e. The Balaban J connectivity index is 2.32. The van der Waals surface area contributed by atoms with Crippen LogP contribution in [0.15, 0.2) is 0 Å². The molecule has 1 aromatic rings. The van der Waals surface area contributed by atoms with Crippen LogP contribution in [0.2, 0.25) is 0 Å².